The summed E-state index contributed by atoms with van der Waals surface area (Å²) < 4.78 is 10.7. The third kappa shape index (κ3) is 4.87. The number of methoxy groups -OCH3 is 1. The second-order valence-corrected chi connectivity index (χ2v) is 7.02. The molecule has 2 fully saturated rings. The van der Waals surface area contributed by atoms with Gasteiger partial charge in [0.15, 0.2) is 0 Å². The van der Waals surface area contributed by atoms with Crippen LogP contribution in [0.25, 0.3) is 0 Å². The van der Waals surface area contributed by atoms with E-state index in [4.69, 9.17) is 15.2 Å². The van der Waals surface area contributed by atoms with Crippen LogP contribution in [0.5, 0.6) is 5.75 Å². The Morgan fingerprint density at radius 3 is 2.56 bits per heavy atom. The normalized spacial score (nSPS) is 27.9. The fourth-order valence-corrected chi connectivity index (χ4v) is 4.27. The fraction of sp³-hybridized carbons (Fsp3) is 0.632. The van der Waals surface area contributed by atoms with Crippen molar-refractivity contribution in [1.29, 1.82) is 0 Å². The van der Waals surface area contributed by atoms with Crippen LogP contribution in [0.15, 0.2) is 24.3 Å². The predicted octanol–water partition coefficient (Wildman–Crippen LogP) is 2.77. The van der Waals surface area contributed by atoms with E-state index in [-0.39, 0.29) is 30.4 Å². The standard InChI is InChI=1S/C19H28N2O3.ClH/c1-23-9-10-24-17-8-3-2-7-16(17)19(22)21-18-13-5-4-6-14(18)12-15(20)11-13;/h2-3,7-8,13-15,18H,4-6,9-12,20H2,1H3,(H,21,22);1H. The molecule has 2 atom stereocenters. The van der Waals surface area contributed by atoms with E-state index in [0.717, 1.165) is 12.8 Å². The Balaban J connectivity index is 0.00000225. The Morgan fingerprint density at radius 2 is 1.88 bits per heavy atom. The van der Waals surface area contributed by atoms with Crippen LogP contribution >= 0.6 is 12.4 Å². The Bertz CT molecular complexity index is 555. The highest BCUT2D eigenvalue weighted by molar-refractivity contribution is 5.97. The minimum absolute atomic E-state index is 0. The molecule has 1 aromatic rings. The highest BCUT2D eigenvalue weighted by atomic mass is 35.5. The van der Waals surface area contributed by atoms with Crippen molar-refractivity contribution < 1.29 is 14.3 Å². The first-order valence-corrected chi connectivity index (χ1v) is 8.96. The van der Waals surface area contributed by atoms with Gasteiger partial charge in [-0.3, -0.25) is 4.79 Å². The maximum absolute atomic E-state index is 12.8. The highest BCUT2D eigenvalue weighted by Crippen LogP contribution is 2.39. The molecule has 2 aliphatic rings. The van der Waals surface area contributed by atoms with Crippen LogP contribution in [-0.4, -0.2) is 38.3 Å². The number of nitrogens with two attached hydrogens (primary N) is 1. The molecule has 0 aliphatic heterocycles. The summed E-state index contributed by atoms with van der Waals surface area (Å²) in [6.07, 6.45) is 5.63. The lowest BCUT2D eigenvalue weighted by Crippen LogP contribution is -2.53. The van der Waals surface area contributed by atoms with Crippen LogP contribution in [0.4, 0.5) is 0 Å². The minimum Gasteiger partial charge on any atom is -0.490 e. The molecule has 3 rings (SSSR count). The topological polar surface area (TPSA) is 73.6 Å². The van der Waals surface area contributed by atoms with E-state index in [1.807, 2.05) is 24.3 Å². The van der Waals surface area contributed by atoms with Crippen LogP contribution in [0, 0.1) is 11.8 Å². The number of para-hydroxylation sites is 1. The quantitative estimate of drug-likeness (QED) is 0.757. The SMILES string of the molecule is COCCOc1ccccc1C(=O)NC1C2CCCC1CC(N)C2.Cl. The van der Waals surface area contributed by atoms with Crippen molar-refractivity contribution in [1.82, 2.24) is 5.32 Å². The van der Waals surface area contributed by atoms with Crippen molar-refractivity contribution in [2.45, 2.75) is 44.2 Å². The molecular weight excluding hydrogens is 340 g/mol. The van der Waals surface area contributed by atoms with Gasteiger partial charge >= 0.3 is 0 Å². The minimum atomic E-state index is -0.0413. The second kappa shape index (κ2) is 9.41. The molecule has 2 unspecified atom stereocenters. The second-order valence-electron chi connectivity index (χ2n) is 7.02. The molecule has 1 amide bonds. The van der Waals surface area contributed by atoms with Crippen molar-refractivity contribution in [3.8, 4) is 5.75 Å². The molecule has 5 nitrogen and oxygen atoms in total. The lowest BCUT2D eigenvalue weighted by Gasteiger charge is -2.45. The van der Waals surface area contributed by atoms with Gasteiger partial charge in [0.25, 0.3) is 5.91 Å². The Hall–Kier alpha value is -1.30. The number of fused-ring (bicyclic) bond motifs is 2. The first-order valence-electron chi connectivity index (χ1n) is 8.96. The van der Waals surface area contributed by atoms with Gasteiger partial charge in [-0.1, -0.05) is 18.6 Å². The number of rotatable bonds is 6. The summed E-state index contributed by atoms with van der Waals surface area (Å²) in [5.41, 5.74) is 6.78. The van der Waals surface area contributed by atoms with E-state index in [9.17, 15) is 4.79 Å². The maximum Gasteiger partial charge on any atom is 0.255 e. The summed E-state index contributed by atoms with van der Waals surface area (Å²) in [4.78, 5) is 12.8. The average molecular weight is 369 g/mol. The predicted molar refractivity (Wildman–Crippen MR) is 100 cm³/mol. The van der Waals surface area contributed by atoms with Gasteiger partial charge in [-0.2, -0.15) is 0 Å². The molecule has 0 heterocycles. The molecule has 2 saturated carbocycles. The summed E-state index contributed by atoms with van der Waals surface area (Å²) >= 11 is 0. The molecule has 0 spiro atoms. The molecule has 0 aromatic heterocycles. The summed E-state index contributed by atoms with van der Waals surface area (Å²) in [5.74, 6) is 1.60. The van der Waals surface area contributed by atoms with Crippen LogP contribution in [0.2, 0.25) is 0 Å². The highest BCUT2D eigenvalue weighted by Gasteiger charge is 2.40. The number of amides is 1. The number of halogens is 1. The van der Waals surface area contributed by atoms with Gasteiger partial charge in [-0.15, -0.1) is 12.4 Å². The smallest absolute Gasteiger partial charge is 0.255 e. The van der Waals surface area contributed by atoms with Gasteiger partial charge in [0.2, 0.25) is 0 Å². The third-order valence-electron chi connectivity index (χ3n) is 5.35. The molecule has 0 radical (unpaired) electrons. The lowest BCUT2D eigenvalue weighted by atomic mass is 9.67. The summed E-state index contributed by atoms with van der Waals surface area (Å²) in [5, 5.41) is 3.28. The summed E-state index contributed by atoms with van der Waals surface area (Å²) in [6, 6.07) is 7.95. The van der Waals surface area contributed by atoms with Crippen molar-refractivity contribution >= 4 is 18.3 Å². The van der Waals surface area contributed by atoms with E-state index in [0.29, 0.717) is 36.4 Å². The van der Waals surface area contributed by atoms with Gasteiger partial charge in [0.1, 0.15) is 12.4 Å². The number of benzene rings is 1. The van der Waals surface area contributed by atoms with E-state index in [1.54, 1.807) is 7.11 Å². The molecule has 3 N–H and O–H groups in total. The van der Waals surface area contributed by atoms with Gasteiger partial charge in [-0.25, -0.2) is 0 Å². The van der Waals surface area contributed by atoms with Gasteiger partial charge in [0.05, 0.1) is 12.2 Å². The average Bonchev–Trinajstić information content (AvgIpc) is 2.56. The van der Waals surface area contributed by atoms with Gasteiger partial charge < -0.3 is 20.5 Å². The number of carbonyl (C=O) groups is 1. The number of ether oxygens (including phenoxy) is 2. The molecule has 2 bridgehead atoms. The van der Waals surface area contributed by atoms with Crippen LogP contribution in [0.3, 0.4) is 0 Å². The molecule has 2 aliphatic carbocycles. The zero-order valence-corrected chi connectivity index (χ0v) is 15.6. The molecule has 25 heavy (non-hydrogen) atoms. The van der Waals surface area contributed by atoms with Crippen LogP contribution < -0.4 is 15.8 Å². The van der Waals surface area contributed by atoms with E-state index >= 15 is 0 Å². The number of nitrogens with one attached hydrogen (secondary N) is 1. The molecular formula is C19H29ClN2O3. The molecule has 0 saturated heterocycles. The van der Waals surface area contributed by atoms with E-state index in [1.165, 1.54) is 19.3 Å². The van der Waals surface area contributed by atoms with Crippen molar-refractivity contribution in [2.24, 2.45) is 17.6 Å². The fourth-order valence-electron chi connectivity index (χ4n) is 4.27. The Kier molecular flexibility index (Phi) is 7.54. The first-order chi connectivity index (χ1) is 11.7. The largest absolute Gasteiger partial charge is 0.490 e. The monoisotopic (exact) mass is 368 g/mol. The number of hydrogen-bond acceptors (Lipinski definition) is 4. The van der Waals surface area contributed by atoms with Crippen molar-refractivity contribution in [3.05, 3.63) is 29.8 Å². The number of carbonyl (C=O) groups excluding carboxylic acids is 1. The Morgan fingerprint density at radius 1 is 1.20 bits per heavy atom. The first kappa shape index (κ1) is 20.0. The maximum atomic E-state index is 12.8. The third-order valence-corrected chi connectivity index (χ3v) is 5.35. The summed E-state index contributed by atoms with van der Waals surface area (Å²) in [7, 11) is 1.63. The summed E-state index contributed by atoms with van der Waals surface area (Å²) in [6.45, 7) is 0.935. The molecule has 1 aromatic carbocycles. The van der Waals surface area contributed by atoms with Crippen molar-refractivity contribution in [3.63, 3.8) is 0 Å². The zero-order valence-electron chi connectivity index (χ0n) is 14.8. The number of hydrogen-bond donors (Lipinski definition) is 2. The van der Waals surface area contributed by atoms with E-state index in [2.05, 4.69) is 5.32 Å². The Labute approximate surface area is 156 Å². The molecule has 140 valence electrons. The van der Waals surface area contributed by atoms with Crippen molar-refractivity contribution in [2.75, 3.05) is 20.3 Å². The van der Waals surface area contributed by atoms with E-state index < -0.39 is 0 Å². The lowest BCUT2D eigenvalue weighted by molar-refractivity contribution is 0.0750. The van der Waals surface area contributed by atoms with Crippen LogP contribution in [-0.2, 0) is 4.74 Å². The molecule has 6 heteroatoms. The van der Waals surface area contributed by atoms with Gasteiger partial charge in [-0.05, 0) is 49.7 Å². The van der Waals surface area contributed by atoms with Crippen LogP contribution in [0.1, 0.15) is 42.5 Å². The zero-order chi connectivity index (χ0) is 16.9. The van der Waals surface area contributed by atoms with Gasteiger partial charge in [0, 0.05) is 19.2 Å².